The highest BCUT2D eigenvalue weighted by Gasteiger charge is 2.22. The minimum Gasteiger partial charge on any atom is -0.423 e. The van der Waals surface area contributed by atoms with E-state index in [1.165, 1.54) is 0 Å². The molecule has 1 unspecified atom stereocenters. The molecule has 0 bridgehead atoms. The summed E-state index contributed by atoms with van der Waals surface area (Å²) in [6, 6.07) is 5.96. The van der Waals surface area contributed by atoms with Crippen LogP contribution in [0.25, 0.3) is 11.1 Å². The number of anilines is 2. The van der Waals surface area contributed by atoms with Crippen molar-refractivity contribution < 1.29 is 9.21 Å². The summed E-state index contributed by atoms with van der Waals surface area (Å²) in [6.07, 6.45) is 1.94. The first-order chi connectivity index (χ1) is 9.63. The lowest BCUT2D eigenvalue weighted by Gasteiger charge is -2.10. The molecule has 2 N–H and O–H groups in total. The Balaban J connectivity index is 1.79. The molecule has 0 saturated carbocycles. The highest BCUT2D eigenvalue weighted by molar-refractivity contribution is 5.96. The second kappa shape index (κ2) is 5.13. The van der Waals surface area contributed by atoms with Crippen molar-refractivity contribution in [1.29, 1.82) is 0 Å². The normalized spacial score (nSPS) is 18.4. The average molecular weight is 274 g/mol. The van der Waals surface area contributed by atoms with E-state index >= 15 is 0 Å². The summed E-state index contributed by atoms with van der Waals surface area (Å²) in [6.45, 7) is 0.909. The lowest BCUT2D eigenvalue weighted by Crippen LogP contribution is -2.35. The molecule has 106 valence electrons. The molecule has 0 radical (unpaired) electrons. The van der Waals surface area contributed by atoms with Crippen LogP contribution in [0.2, 0.25) is 0 Å². The zero-order chi connectivity index (χ0) is 14.1. The van der Waals surface area contributed by atoms with Crippen LogP contribution in [0.1, 0.15) is 12.8 Å². The Hall–Kier alpha value is -2.08. The van der Waals surface area contributed by atoms with Crippen molar-refractivity contribution in [2.45, 2.75) is 18.9 Å². The van der Waals surface area contributed by atoms with E-state index in [4.69, 9.17) is 4.42 Å². The highest BCUT2D eigenvalue weighted by atomic mass is 16.4. The van der Waals surface area contributed by atoms with E-state index in [0.717, 1.165) is 30.6 Å². The van der Waals surface area contributed by atoms with Gasteiger partial charge in [-0.2, -0.15) is 4.98 Å². The molecular weight excluding hydrogens is 256 g/mol. The Morgan fingerprint density at radius 3 is 3.05 bits per heavy atom. The number of benzene rings is 1. The maximum Gasteiger partial charge on any atom is 0.297 e. The minimum atomic E-state index is -0.0830. The van der Waals surface area contributed by atoms with E-state index in [0.29, 0.717) is 11.6 Å². The van der Waals surface area contributed by atoms with Gasteiger partial charge in [-0.1, -0.05) is 0 Å². The number of oxazole rings is 1. The van der Waals surface area contributed by atoms with Crippen molar-refractivity contribution in [3.8, 4) is 0 Å². The minimum absolute atomic E-state index is 0.0122. The molecule has 1 aliphatic rings. The van der Waals surface area contributed by atoms with Crippen molar-refractivity contribution in [2.24, 2.45) is 0 Å². The number of aromatic nitrogens is 1. The fraction of sp³-hybridized carbons (Fsp3) is 0.429. The van der Waals surface area contributed by atoms with E-state index in [1.807, 2.05) is 32.3 Å². The lowest BCUT2D eigenvalue weighted by atomic mass is 10.2. The smallest absolute Gasteiger partial charge is 0.297 e. The number of amides is 1. The molecule has 0 aliphatic carbocycles. The summed E-state index contributed by atoms with van der Waals surface area (Å²) in [5, 5.41) is 6.10. The highest BCUT2D eigenvalue weighted by Crippen LogP contribution is 2.23. The van der Waals surface area contributed by atoms with Crippen molar-refractivity contribution in [1.82, 2.24) is 10.3 Å². The van der Waals surface area contributed by atoms with Gasteiger partial charge in [0.1, 0.15) is 5.52 Å². The number of carbonyl (C=O) groups excluding carboxylic acids is 1. The average Bonchev–Trinajstić information content (AvgIpc) is 3.07. The topological polar surface area (TPSA) is 70.4 Å². The molecule has 1 aliphatic heterocycles. The van der Waals surface area contributed by atoms with Crippen molar-refractivity contribution in [3.05, 3.63) is 18.2 Å². The third-order valence-corrected chi connectivity index (χ3v) is 3.40. The summed E-state index contributed by atoms with van der Waals surface area (Å²) in [7, 11) is 3.75. The number of hydrogen-bond donors (Lipinski definition) is 2. The lowest BCUT2D eigenvalue weighted by molar-refractivity contribution is -0.117. The molecule has 20 heavy (non-hydrogen) atoms. The van der Waals surface area contributed by atoms with Gasteiger partial charge in [-0.3, -0.25) is 4.79 Å². The largest absolute Gasteiger partial charge is 0.423 e. The van der Waals surface area contributed by atoms with Gasteiger partial charge < -0.3 is 20.0 Å². The van der Waals surface area contributed by atoms with E-state index < -0.39 is 0 Å². The van der Waals surface area contributed by atoms with Gasteiger partial charge in [-0.15, -0.1) is 0 Å². The third kappa shape index (κ3) is 2.46. The van der Waals surface area contributed by atoms with Crippen LogP contribution in [0.4, 0.5) is 11.7 Å². The van der Waals surface area contributed by atoms with Gasteiger partial charge in [0.05, 0.1) is 6.04 Å². The first-order valence-electron chi connectivity index (χ1n) is 6.75. The van der Waals surface area contributed by atoms with Gasteiger partial charge in [0.25, 0.3) is 6.01 Å². The number of nitrogens with one attached hydrogen (secondary N) is 2. The Morgan fingerprint density at radius 1 is 1.50 bits per heavy atom. The van der Waals surface area contributed by atoms with Gasteiger partial charge in [0.2, 0.25) is 5.91 Å². The zero-order valence-corrected chi connectivity index (χ0v) is 11.6. The van der Waals surface area contributed by atoms with Crippen LogP contribution in [0.15, 0.2) is 22.6 Å². The van der Waals surface area contributed by atoms with Gasteiger partial charge >= 0.3 is 0 Å². The van der Waals surface area contributed by atoms with Crippen LogP contribution in [-0.4, -0.2) is 37.6 Å². The van der Waals surface area contributed by atoms with Crippen molar-refractivity contribution >= 4 is 28.7 Å². The Kier molecular flexibility index (Phi) is 3.31. The van der Waals surface area contributed by atoms with Crippen LogP contribution < -0.4 is 15.5 Å². The van der Waals surface area contributed by atoms with Gasteiger partial charge in [-0.05, 0) is 37.6 Å². The van der Waals surface area contributed by atoms with Crippen LogP contribution in [0.5, 0.6) is 0 Å². The Bertz CT molecular complexity index is 629. The van der Waals surface area contributed by atoms with Crippen molar-refractivity contribution in [3.63, 3.8) is 0 Å². The molecule has 1 fully saturated rings. The SMILES string of the molecule is CN(C)c1nc2cc(NC(=O)C3CCCN3)ccc2o1. The van der Waals surface area contributed by atoms with Gasteiger partial charge in [0.15, 0.2) is 5.58 Å². The fourth-order valence-electron chi connectivity index (χ4n) is 2.32. The third-order valence-electron chi connectivity index (χ3n) is 3.40. The molecule has 6 heteroatoms. The molecule has 1 saturated heterocycles. The predicted octanol–water partition coefficient (Wildman–Crippen LogP) is 1.58. The predicted molar refractivity (Wildman–Crippen MR) is 78.0 cm³/mol. The second-order valence-electron chi connectivity index (χ2n) is 5.21. The number of carbonyl (C=O) groups is 1. The van der Waals surface area contributed by atoms with Crippen LogP contribution in [0.3, 0.4) is 0 Å². The van der Waals surface area contributed by atoms with Crippen LogP contribution in [0, 0.1) is 0 Å². The molecule has 2 aromatic rings. The molecule has 1 aromatic carbocycles. The van der Waals surface area contributed by atoms with Crippen LogP contribution >= 0.6 is 0 Å². The zero-order valence-electron chi connectivity index (χ0n) is 11.6. The molecule has 1 atom stereocenters. The Labute approximate surface area is 117 Å². The van der Waals surface area contributed by atoms with Gasteiger partial charge in [-0.25, -0.2) is 0 Å². The summed E-state index contributed by atoms with van der Waals surface area (Å²) in [5.41, 5.74) is 2.20. The number of hydrogen-bond acceptors (Lipinski definition) is 5. The summed E-state index contributed by atoms with van der Waals surface area (Å²) in [4.78, 5) is 18.2. The molecule has 1 amide bonds. The van der Waals surface area contributed by atoms with Gasteiger partial charge in [0, 0.05) is 19.8 Å². The number of nitrogens with zero attached hydrogens (tertiary/aromatic N) is 2. The molecular formula is C14H18N4O2. The van der Waals surface area contributed by atoms with Crippen LogP contribution in [-0.2, 0) is 4.79 Å². The maximum atomic E-state index is 12.0. The van der Waals surface area contributed by atoms with Crippen molar-refractivity contribution in [2.75, 3.05) is 30.9 Å². The number of rotatable bonds is 3. The number of fused-ring (bicyclic) bond motifs is 1. The molecule has 6 nitrogen and oxygen atoms in total. The summed E-state index contributed by atoms with van der Waals surface area (Å²) in [5.74, 6) is 0.0122. The standard InChI is InChI=1S/C14H18N4O2/c1-18(2)14-17-11-8-9(5-6-12(11)20-14)16-13(19)10-4-3-7-15-10/h5-6,8,10,15H,3-4,7H2,1-2H3,(H,16,19). The van der Waals surface area contributed by atoms with E-state index in [2.05, 4.69) is 15.6 Å². The molecule has 1 aromatic heterocycles. The van der Waals surface area contributed by atoms with E-state index in [-0.39, 0.29) is 11.9 Å². The fourth-order valence-corrected chi connectivity index (χ4v) is 2.32. The molecule has 2 heterocycles. The quantitative estimate of drug-likeness (QED) is 0.889. The molecule has 0 spiro atoms. The van der Waals surface area contributed by atoms with E-state index in [9.17, 15) is 4.79 Å². The molecule has 3 rings (SSSR count). The second-order valence-corrected chi connectivity index (χ2v) is 5.21. The first kappa shape index (κ1) is 12.9. The van der Waals surface area contributed by atoms with E-state index in [1.54, 1.807) is 4.90 Å². The summed E-state index contributed by atoms with van der Waals surface area (Å²) >= 11 is 0. The first-order valence-corrected chi connectivity index (χ1v) is 6.75. The monoisotopic (exact) mass is 274 g/mol. The summed E-state index contributed by atoms with van der Waals surface area (Å²) < 4.78 is 5.58. The maximum absolute atomic E-state index is 12.0. The Morgan fingerprint density at radius 2 is 2.35 bits per heavy atom.